The Kier molecular flexibility index (Phi) is 4.78. The van der Waals surface area contributed by atoms with Crippen LogP contribution in [0.4, 0.5) is 0 Å². The largest absolute Gasteiger partial charge is 0.352 e. The molecule has 0 bridgehead atoms. The number of Topliss-reactive ketones (excluding diaryl/α,β-unsaturated/α-hetero) is 1. The van der Waals surface area contributed by atoms with E-state index in [2.05, 4.69) is 5.32 Å². The van der Waals surface area contributed by atoms with Crippen molar-refractivity contribution in [2.75, 3.05) is 5.88 Å². The highest BCUT2D eigenvalue weighted by Crippen LogP contribution is 2.12. The van der Waals surface area contributed by atoms with Crippen molar-refractivity contribution in [1.29, 1.82) is 0 Å². The molecule has 1 rings (SSSR count). The number of nitrogens with one attached hydrogen (secondary N) is 1. The summed E-state index contributed by atoms with van der Waals surface area (Å²) in [7, 11) is 0. The Balaban J connectivity index is 2.42. The van der Waals surface area contributed by atoms with Gasteiger partial charge in [-0.2, -0.15) is 0 Å². The smallest absolute Gasteiger partial charge is 0.235 e. The predicted molar refractivity (Wildman–Crippen MR) is 61.6 cm³/mol. The van der Waals surface area contributed by atoms with Crippen LogP contribution in [0.3, 0.4) is 0 Å². The Labute approximate surface area is 97.4 Å². The van der Waals surface area contributed by atoms with Gasteiger partial charge in [0.25, 0.3) is 0 Å². The summed E-state index contributed by atoms with van der Waals surface area (Å²) < 4.78 is 0. The van der Waals surface area contributed by atoms with E-state index in [0.29, 0.717) is 6.42 Å². The van der Waals surface area contributed by atoms with Gasteiger partial charge in [-0.3, -0.25) is 9.59 Å². The summed E-state index contributed by atoms with van der Waals surface area (Å²) in [5.41, 5.74) is 0. The van der Waals surface area contributed by atoms with Gasteiger partial charge >= 0.3 is 0 Å². The average Bonchev–Trinajstić information content (AvgIpc) is 2.70. The summed E-state index contributed by atoms with van der Waals surface area (Å²) in [6.07, 6.45) is 0.309. The molecule has 0 aliphatic heterocycles. The molecule has 1 aromatic heterocycles. The van der Waals surface area contributed by atoms with Crippen LogP contribution in [-0.4, -0.2) is 23.6 Å². The third kappa shape index (κ3) is 4.01. The minimum Gasteiger partial charge on any atom is -0.352 e. The molecule has 3 nitrogen and oxygen atoms in total. The topological polar surface area (TPSA) is 46.2 Å². The van der Waals surface area contributed by atoms with E-state index in [-0.39, 0.29) is 23.6 Å². The van der Waals surface area contributed by atoms with E-state index in [1.165, 1.54) is 11.3 Å². The Morgan fingerprint density at radius 2 is 2.33 bits per heavy atom. The fraction of sp³-hybridized carbons (Fsp3) is 0.400. The second-order valence-electron chi connectivity index (χ2n) is 3.21. The van der Waals surface area contributed by atoms with Crippen molar-refractivity contribution >= 4 is 34.6 Å². The zero-order chi connectivity index (χ0) is 11.3. The summed E-state index contributed by atoms with van der Waals surface area (Å²) >= 11 is 6.75. The number of thiophene rings is 1. The van der Waals surface area contributed by atoms with Crippen LogP contribution in [0.15, 0.2) is 17.5 Å². The SMILES string of the molecule is CC(CC(=O)c1cccs1)NC(=O)CCl. The predicted octanol–water partition coefficient (Wildman–Crippen LogP) is 2.06. The van der Waals surface area contributed by atoms with Crippen molar-refractivity contribution < 1.29 is 9.59 Å². The Bertz CT molecular complexity index is 337. The minimum absolute atomic E-state index is 0.0485. The average molecular weight is 246 g/mol. The van der Waals surface area contributed by atoms with Gasteiger partial charge in [0.15, 0.2) is 5.78 Å². The number of rotatable bonds is 5. The molecule has 0 aliphatic carbocycles. The number of hydrogen-bond acceptors (Lipinski definition) is 3. The van der Waals surface area contributed by atoms with Gasteiger partial charge in [0, 0.05) is 12.5 Å². The zero-order valence-electron chi connectivity index (χ0n) is 8.33. The van der Waals surface area contributed by atoms with Crippen LogP contribution in [-0.2, 0) is 4.79 Å². The molecule has 0 radical (unpaired) electrons. The van der Waals surface area contributed by atoms with Gasteiger partial charge in [-0.1, -0.05) is 6.07 Å². The first-order chi connectivity index (χ1) is 7.13. The van der Waals surface area contributed by atoms with Crippen LogP contribution in [0.1, 0.15) is 23.0 Å². The lowest BCUT2D eigenvalue weighted by molar-refractivity contribution is -0.119. The second kappa shape index (κ2) is 5.88. The van der Waals surface area contributed by atoms with Gasteiger partial charge in [-0.15, -0.1) is 22.9 Å². The fourth-order valence-corrected chi connectivity index (χ4v) is 1.93. The van der Waals surface area contributed by atoms with E-state index in [4.69, 9.17) is 11.6 Å². The number of alkyl halides is 1. The molecular weight excluding hydrogens is 234 g/mol. The molecule has 1 amide bonds. The van der Waals surface area contributed by atoms with Crippen LogP contribution in [0.2, 0.25) is 0 Å². The fourth-order valence-electron chi connectivity index (χ4n) is 1.18. The molecule has 0 saturated heterocycles. The lowest BCUT2D eigenvalue weighted by Crippen LogP contribution is -2.34. The highest BCUT2D eigenvalue weighted by atomic mass is 35.5. The number of hydrogen-bond donors (Lipinski definition) is 1. The summed E-state index contributed by atoms with van der Waals surface area (Å²) in [5.74, 6) is -0.270. The normalized spacial score (nSPS) is 12.1. The van der Waals surface area contributed by atoms with Crippen LogP contribution in [0.5, 0.6) is 0 Å². The molecule has 1 unspecified atom stereocenters. The maximum atomic E-state index is 11.6. The van der Waals surface area contributed by atoms with Crippen molar-refractivity contribution in [2.45, 2.75) is 19.4 Å². The third-order valence-electron chi connectivity index (χ3n) is 1.82. The molecule has 1 N–H and O–H groups in total. The lowest BCUT2D eigenvalue weighted by atomic mass is 10.1. The highest BCUT2D eigenvalue weighted by molar-refractivity contribution is 7.12. The standard InChI is InChI=1S/C10H12ClNO2S/c1-7(12-10(14)6-11)5-8(13)9-3-2-4-15-9/h2-4,7H,5-6H2,1H3,(H,12,14). The van der Waals surface area contributed by atoms with E-state index in [9.17, 15) is 9.59 Å². The molecule has 82 valence electrons. The van der Waals surface area contributed by atoms with Gasteiger partial charge in [-0.05, 0) is 18.4 Å². The van der Waals surface area contributed by atoms with Gasteiger partial charge in [-0.25, -0.2) is 0 Å². The van der Waals surface area contributed by atoms with Gasteiger partial charge in [0.1, 0.15) is 5.88 Å². The number of halogens is 1. The molecule has 15 heavy (non-hydrogen) atoms. The first-order valence-electron chi connectivity index (χ1n) is 4.55. The van der Waals surface area contributed by atoms with Gasteiger partial charge in [0.05, 0.1) is 4.88 Å². The van der Waals surface area contributed by atoms with Crippen LogP contribution >= 0.6 is 22.9 Å². The molecule has 0 aliphatic rings. The van der Waals surface area contributed by atoms with E-state index >= 15 is 0 Å². The van der Waals surface area contributed by atoms with E-state index in [0.717, 1.165) is 4.88 Å². The lowest BCUT2D eigenvalue weighted by Gasteiger charge is -2.11. The van der Waals surface area contributed by atoms with Crippen molar-refractivity contribution in [3.8, 4) is 0 Å². The molecule has 0 spiro atoms. The van der Waals surface area contributed by atoms with Crippen molar-refractivity contribution in [1.82, 2.24) is 5.32 Å². The molecular formula is C10H12ClNO2S. The quantitative estimate of drug-likeness (QED) is 0.638. The first-order valence-corrected chi connectivity index (χ1v) is 5.97. The second-order valence-corrected chi connectivity index (χ2v) is 4.42. The molecule has 1 aromatic rings. The van der Waals surface area contributed by atoms with Crippen LogP contribution in [0.25, 0.3) is 0 Å². The van der Waals surface area contributed by atoms with Gasteiger partial charge in [0.2, 0.25) is 5.91 Å². The zero-order valence-corrected chi connectivity index (χ0v) is 9.90. The molecule has 0 aromatic carbocycles. The van der Waals surface area contributed by atoms with Crippen molar-refractivity contribution in [3.05, 3.63) is 22.4 Å². The molecule has 0 saturated carbocycles. The highest BCUT2D eigenvalue weighted by Gasteiger charge is 2.13. The number of amides is 1. The number of carbonyl (C=O) groups is 2. The summed E-state index contributed by atoms with van der Waals surface area (Å²) in [5, 5.41) is 4.49. The van der Waals surface area contributed by atoms with Crippen molar-refractivity contribution in [2.24, 2.45) is 0 Å². The molecule has 1 atom stereocenters. The maximum Gasteiger partial charge on any atom is 0.235 e. The molecule has 0 fully saturated rings. The Morgan fingerprint density at radius 3 is 2.87 bits per heavy atom. The van der Waals surface area contributed by atoms with Gasteiger partial charge < -0.3 is 5.32 Å². The molecule has 5 heteroatoms. The van der Waals surface area contributed by atoms with E-state index < -0.39 is 0 Å². The van der Waals surface area contributed by atoms with Crippen LogP contribution < -0.4 is 5.32 Å². The minimum atomic E-state index is -0.247. The maximum absolute atomic E-state index is 11.6. The monoisotopic (exact) mass is 245 g/mol. The number of carbonyl (C=O) groups excluding carboxylic acids is 2. The summed E-state index contributed by atoms with van der Waals surface area (Å²) in [6, 6.07) is 3.44. The third-order valence-corrected chi connectivity index (χ3v) is 2.97. The number of ketones is 1. The Hall–Kier alpha value is -0.870. The summed E-state index contributed by atoms with van der Waals surface area (Å²) in [6.45, 7) is 1.79. The summed E-state index contributed by atoms with van der Waals surface area (Å²) in [4.78, 5) is 23.3. The van der Waals surface area contributed by atoms with Crippen LogP contribution in [0, 0.1) is 0 Å². The first kappa shape index (κ1) is 12.2. The Morgan fingerprint density at radius 1 is 1.60 bits per heavy atom. The van der Waals surface area contributed by atoms with Crippen molar-refractivity contribution in [3.63, 3.8) is 0 Å². The molecule has 1 heterocycles. The van der Waals surface area contributed by atoms with E-state index in [1.807, 2.05) is 11.4 Å². The van der Waals surface area contributed by atoms with E-state index in [1.54, 1.807) is 13.0 Å².